The molecule has 0 aliphatic rings. The van der Waals surface area contributed by atoms with Crippen LogP contribution in [0.15, 0.2) is 103 Å². The summed E-state index contributed by atoms with van der Waals surface area (Å²) in [6.45, 7) is 3.54. The van der Waals surface area contributed by atoms with Crippen molar-refractivity contribution in [2.45, 2.75) is 45.9 Å². The minimum atomic E-state index is -0.771. The summed E-state index contributed by atoms with van der Waals surface area (Å²) in [5, 5.41) is 0. The Morgan fingerprint density at radius 1 is 0.684 bits per heavy atom. The van der Waals surface area contributed by atoms with Gasteiger partial charge in [0, 0.05) is 13.8 Å². The summed E-state index contributed by atoms with van der Waals surface area (Å²) in [6, 6.07) is 29.0. The van der Waals surface area contributed by atoms with Crippen LogP contribution >= 0.6 is 0 Å². The van der Waals surface area contributed by atoms with Gasteiger partial charge in [-0.2, -0.15) is 0 Å². The van der Waals surface area contributed by atoms with Gasteiger partial charge in [0.25, 0.3) is 0 Å². The zero-order valence-corrected chi connectivity index (χ0v) is 21.8. The minimum absolute atomic E-state index is 0.0873. The number of rotatable bonds is 15. The Labute approximate surface area is 223 Å². The van der Waals surface area contributed by atoms with Gasteiger partial charge in [-0.1, -0.05) is 91.0 Å². The molecule has 0 aromatic heterocycles. The second kappa shape index (κ2) is 16.0. The maximum absolute atomic E-state index is 12.0. The van der Waals surface area contributed by atoms with E-state index in [0.29, 0.717) is 12.4 Å². The van der Waals surface area contributed by atoms with Crippen molar-refractivity contribution in [2.75, 3.05) is 13.2 Å². The molecule has 7 nitrogen and oxygen atoms in total. The Balaban J connectivity index is 1.82. The lowest BCUT2D eigenvalue weighted by Gasteiger charge is -2.26. The van der Waals surface area contributed by atoms with Crippen LogP contribution in [0.1, 0.15) is 30.5 Å². The van der Waals surface area contributed by atoms with Gasteiger partial charge in [0.2, 0.25) is 0 Å². The second-order valence-electron chi connectivity index (χ2n) is 8.60. The first-order chi connectivity index (χ1) is 18.5. The lowest BCUT2D eigenvalue weighted by atomic mass is 10.1. The maximum Gasteiger partial charge on any atom is 0.303 e. The third-order valence-electron chi connectivity index (χ3n) is 5.40. The molecule has 0 radical (unpaired) electrons. The molecule has 3 aromatic rings. The molecular formula is C31H34O7. The third kappa shape index (κ3) is 11.0. The standard InChI is InChI=1S/C31H34O7/c1-24(32)35-22-29(36-20-27-14-8-4-9-15-27)18-30(37-21-28-16-10-5-11-17-28)31(38-25(2)33)23-34-19-26-12-6-3-7-13-26/h3-18,30-31H,19-23H2,1-2H3/b29-18-. The summed E-state index contributed by atoms with van der Waals surface area (Å²) in [4.78, 5) is 23.6. The monoisotopic (exact) mass is 518 g/mol. The topological polar surface area (TPSA) is 80.3 Å². The fourth-order valence-corrected chi connectivity index (χ4v) is 3.55. The van der Waals surface area contributed by atoms with Gasteiger partial charge < -0.3 is 23.7 Å². The van der Waals surface area contributed by atoms with Gasteiger partial charge in [-0.15, -0.1) is 0 Å². The van der Waals surface area contributed by atoms with E-state index >= 15 is 0 Å². The Hall–Kier alpha value is -3.94. The Kier molecular flexibility index (Phi) is 12.1. The van der Waals surface area contributed by atoms with Crippen molar-refractivity contribution in [3.05, 3.63) is 120 Å². The van der Waals surface area contributed by atoms with Gasteiger partial charge in [-0.3, -0.25) is 9.59 Å². The Morgan fingerprint density at radius 2 is 1.21 bits per heavy atom. The molecule has 38 heavy (non-hydrogen) atoms. The van der Waals surface area contributed by atoms with Gasteiger partial charge in [-0.25, -0.2) is 0 Å². The van der Waals surface area contributed by atoms with Crippen molar-refractivity contribution in [2.24, 2.45) is 0 Å². The van der Waals surface area contributed by atoms with E-state index in [1.807, 2.05) is 91.0 Å². The van der Waals surface area contributed by atoms with Gasteiger partial charge >= 0.3 is 11.9 Å². The van der Waals surface area contributed by atoms with E-state index in [1.165, 1.54) is 13.8 Å². The largest absolute Gasteiger partial charge is 0.490 e. The molecule has 0 amide bonds. The molecular weight excluding hydrogens is 484 g/mol. The molecule has 7 heteroatoms. The molecule has 0 N–H and O–H groups in total. The summed E-state index contributed by atoms with van der Waals surface area (Å²) < 4.78 is 29.0. The number of hydrogen-bond acceptors (Lipinski definition) is 7. The van der Waals surface area contributed by atoms with Crippen molar-refractivity contribution in [1.82, 2.24) is 0 Å². The highest BCUT2D eigenvalue weighted by molar-refractivity contribution is 5.66. The number of benzene rings is 3. The molecule has 2 atom stereocenters. The second-order valence-corrected chi connectivity index (χ2v) is 8.60. The van der Waals surface area contributed by atoms with E-state index in [9.17, 15) is 9.59 Å². The fourth-order valence-electron chi connectivity index (χ4n) is 3.55. The van der Waals surface area contributed by atoms with Crippen LogP contribution in [-0.4, -0.2) is 37.4 Å². The summed E-state index contributed by atoms with van der Waals surface area (Å²) in [7, 11) is 0. The zero-order valence-electron chi connectivity index (χ0n) is 21.8. The average molecular weight is 519 g/mol. The lowest BCUT2D eigenvalue weighted by Crippen LogP contribution is -2.36. The van der Waals surface area contributed by atoms with E-state index in [-0.39, 0.29) is 26.4 Å². The molecule has 3 rings (SSSR count). The molecule has 0 bridgehead atoms. The first kappa shape index (κ1) is 28.6. The summed E-state index contributed by atoms with van der Waals surface area (Å²) in [5.74, 6) is -0.530. The number of carbonyl (C=O) groups excluding carboxylic acids is 2. The number of carbonyl (C=O) groups is 2. The van der Waals surface area contributed by atoms with Crippen molar-refractivity contribution in [3.8, 4) is 0 Å². The van der Waals surface area contributed by atoms with Crippen LogP contribution in [0.3, 0.4) is 0 Å². The molecule has 200 valence electrons. The van der Waals surface area contributed by atoms with Crippen molar-refractivity contribution in [1.29, 1.82) is 0 Å². The number of ether oxygens (including phenoxy) is 5. The molecule has 0 aliphatic heterocycles. The average Bonchev–Trinajstić information content (AvgIpc) is 2.93. The first-order valence-electron chi connectivity index (χ1n) is 12.4. The van der Waals surface area contributed by atoms with E-state index < -0.39 is 24.1 Å². The predicted octanol–water partition coefficient (Wildman–Crippen LogP) is 5.38. The molecule has 0 spiro atoms. The summed E-state index contributed by atoms with van der Waals surface area (Å²) in [5.41, 5.74) is 2.89. The maximum atomic E-state index is 12.0. The quantitative estimate of drug-likeness (QED) is 0.197. The lowest BCUT2D eigenvalue weighted by molar-refractivity contribution is -0.159. The highest BCUT2D eigenvalue weighted by Gasteiger charge is 2.26. The Morgan fingerprint density at radius 3 is 1.74 bits per heavy atom. The van der Waals surface area contributed by atoms with Gasteiger partial charge in [0.1, 0.15) is 25.1 Å². The van der Waals surface area contributed by atoms with Crippen LogP contribution in [0.2, 0.25) is 0 Å². The molecule has 0 fully saturated rings. The predicted molar refractivity (Wildman–Crippen MR) is 143 cm³/mol. The van der Waals surface area contributed by atoms with Gasteiger partial charge in [0.15, 0.2) is 6.10 Å². The molecule has 0 saturated carbocycles. The molecule has 0 aliphatic carbocycles. The number of hydrogen-bond donors (Lipinski definition) is 0. The van der Waals surface area contributed by atoms with Crippen LogP contribution in [0.25, 0.3) is 0 Å². The minimum Gasteiger partial charge on any atom is -0.490 e. The SMILES string of the molecule is CC(=O)OC/C(=C/C(OCc1ccccc1)C(COCc1ccccc1)OC(C)=O)OCc1ccccc1. The van der Waals surface area contributed by atoms with E-state index in [4.69, 9.17) is 23.7 Å². The van der Waals surface area contributed by atoms with E-state index in [1.54, 1.807) is 6.08 Å². The van der Waals surface area contributed by atoms with E-state index in [0.717, 1.165) is 16.7 Å². The van der Waals surface area contributed by atoms with Crippen LogP contribution in [0.4, 0.5) is 0 Å². The molecule has 0 saturated heterocycles. The van der Waals surface area contributed by atoms with Gasteiger partial charge in [-0.05, 0) is 22.8 Å². The first-order valence-corrected chi connectivity index (χ1v) is 12.4. The van der Waals surface area contributed by atoms with Crippen LogP contribution in [0, 0.1) is 0 Å². The summed E-state index contributed by atoms with van der Waals surface area (Å²) in [6.07, 6.45) is 0.178. The van der Waals surface area contributed by atoms with E-state index in [2.05, 4.69) is 0 Å². The fraction of sp³-hybridized carbons (Fsp3) is 0.290. The molecule has 2 unspecified atom stereocenters. The van der Waals surface area contributed by atoms with Gasteiger partial charge in [0.05, 0.1) is 19.8 Å². The van der Waals surface area contributed by atoms with Crippen molar-refractivity contribution in [3.63, 3.8) is 0 Å². The normalized spacial score (nSPS) is 12.8. The van der Waals surface area contributed by atoms with Crippen LogP contribution < -0.4 is 0 Å². The number of esters is 2. The summed E-state index contributed by atoms with van der Waals surface area (Å²) >= 11 is 0. The Bertz CT molecular complexity index is 1130. The molecule has 0 heterocycles. The van der Waals surface area contributed by atoms with Crippen molar-refractivity contribution >= 4 is 11.9 Å². The van der Waals surface area contributed by atoms with Crippen LogP contribution in [0.5, 0.6) is 0 Å². The van der Waals surface area contributed by atoms with Crippen molar-refractivity contribution < 1.29 is 33.3 Å². The smallest absolute Gasteiger partial charge is 0.303 e. The van der Waals surface area contributed by atoms with Crippen LogP contribution in [-0.2, 0) is 53.1 Å². The third-order valence-corrected chi connectivity index (χ3v) is 5.40. The molecule has 3 aromatic carbocycles. The highest BCUT2D eigenvalue weighted by atomic mass is 16.6. The zero-order chi connectivity index (χ0) is 27.0. The highest BCUT2D eigenvalue weighted by Crippen LogP contribution is 2.17.